The molecule has 2 heterocycles. The van der Waals surface area contributed by atoms with Crippen LogP contribution >= 0.6 is 0 Å². The first kappa shape index (κ1) is 10.9. The monoisotopic (exact) mass is 225 g/mol. The molecule has 1 atom stereocenters. The van der Waals surface area contributed by atoms with Gasteiger partial charge in [-0.05, 0) is 14.0 Å². The van der Waals surface area contributed by atoms with E-state index in [4.69, 9.17) is 9.52 Å². The van der Waals surface area contributed by atoms with E-state index in [-0.39, 0.29) is 11.7 Å². The SMILES string of the molecule is CC1CN(C)CCN1c1nc(C(=O)O)co1. The highest BCUT2D eigenvalue weighted by Gasteiger charge is 2.25. The summed E-state index contributed by atoms with van der Waals surface area (Å²) in [5.74, 6) is -1.06. The summed E-state index contributed by atoms with van der Waals surface area (Å²) in [5.41, 5.74) is -0.0406. The van der Waals surface area contributed by atoms with Crippen molar-refractivity contribution in [2.75, 3.05) is 31.6 Å². The number of rotatable bonds is 2. The van der Waals surface area contributed by atoms with Gasteiger partial charge in [0.25, 0.3) is 6.01 Å². The van der Waals surface area contributed by atoms with Crippen LogP contribution in [0.4, 0.5) is 6.01 Å². The van der Waals surface area contributed by atoms with Crippen LogP contribution in [0.15, 0.2) is 10.7 Å². The largest absolute Gasteiger partial charge is 0.476 e. The van der Waals surface area contributed by atoms with Crippen LogP contribution in [0.25, 0.3) is 0 Å². The average molecular weight is 225 g/mol. The molecule has 1 fully saturated rings. The fourth-order valence-electron chi connectivity index (χ4n) is 1.92. The highest BCUT2D eigenvalue weighted by molar-refractivity contribution is 5.85. The van der Waals surface area contributed by atoms with Crippen molar-refractivity contribution in [2.45, 2.75) is 13.0 Å². The fraction of sp³-hybridized carbons (Fsp3) is 0.600. The van der Waals surface area contributed by atoms with E-state index in [9.17, 15) is 4.79 Å². The van der Waals surface area contributed by atoms with Gasteiger partial charge in [0, 0.05) is 25.7 Å². The molecule has 1 N–H and O–H groups in total. The Hall–Kier alpha value is -1.56. The molecular weight excluding hydrogens is 210 g/mol. The molecule has 0 aliphatic carbocycles. The van der Waals surface area contributed by atoms with Gasteiger partial charge in [0.15, 0.2) is 5.69 Å². The van der Waals surface area contributed by atoms with Gasteiger partial charge >= 0.3 is 5.97 Å². The van der Waals surface area contributed by atoms with E-state index in [1.165, 1.54) is 6.26 Å². The molecule has 2 rings (SSSR count). The second kappa shape index (κ2) is 4.13. The summed E-state index contributed by atoms with van der Waals surface area (Å²) in [6.07, 6.45) is 1.18. The lowest BCUT2D eigenvalue weighted by molar-refractivity contribution is 0.0690. The Kier molecular flexibility index (Phi) is 2.82. The van der Waals surface area contributed by atoms with Crippen molar-refractivity contribution in [1.29, 1.82) is 0 Å². The molecule has 88 valence electrons. The molecule has 1 aromatic rings. The van der Waals surface area contributed by atoms with Crippen molar-refractivity contribution in [2.24, 2.45) is 0 Å². The zero-order valence-corrected chi connectivity index (χ0v) is 9.38. The third-order valence-electron chi connectivity index (χ3n) is 2.79. The third kappa shape index (κ3) is 2.01. The van der Waals surface area contributed by atoms with Crippen LogP contribution in [0, 0.1) is 0 Å². The van der Waals surface area contributed by atoms with Gasteiger partial charge in [0.2, 0.25) is 0 Å². The first-order valence-corrected chi connectivity index (χ1v) is 5.22. The van der Waals surface area contributed by atoms with E-state index < -0.39 is 5.97 Å². The van der Waals surface area contributed by atoms with Gasteiger partial charge in [0.05, 0.1) is 0 Å². The molecule has 1 aliphatic heterocycles. The Bertz CT molecular complexity index is 390. The molecule has 1 saturated heterocycles. The lowest BCUT2D eigenvalue weighted by Crippen LogP contribution is -2.50. The quantitative estimate of drug-likeness (QED) is 0.791. The number of carbonyl (C=O) groups is 1. The molecule has 0 amide bonds. The topological polar surface area (TPSA) is 69.8 Å². The fourth-order valence-corrected chi connectivity index (χ4v) is 1.92. The minimum absolute atomic E-state index is 0.0406. The molecule has 0 aromatic carbocycles. The van der Waals surface area contributed by atoms with Gasteiger partial charge in [-0.3, -0.25) is 0 Å². The molecule has 16 heavy (non-hydrogen) atoms. The van der Waals surface area contributed by atoms with Gasteiger partial charge in [-0.1, -0.05) is 0 Å². The number of carboxylic acid groups (broad SMARTS) is 1. The normalized spacial score (nSPS) is 22.4. The van der Waals surface area contributed by atoms with E-state index >= 15 is 0 Å². The van der Waals surface area contributed by atoms with Crippen molar-refractivity contribution in [3.8, 4) is 0 Å². The average Bonchev–Trinajstić information content (AvgIpc) is 2.66. The lowest BCUT2D eigenvalue weighted by atomic mass is 10.2. The summed E-state index contributed by atoms with van der Waals surface area (Å²) in [6, 6.07) is 0.678. The predicted octanol–water partition coefficient (Wildman–Crippen LogP) is 0.513. The summed E-state index contributed by atoms with van der Waals surface area (Å²) in [4.78, 5) is 18.8. The number of anilines is 1. The van der Waals surface area contributed by atoms with E-state index in [2.05, 4.69) is 23.9 Å². The molecule has 0 bridgehead atoms. The molecule has 6 nitrogen and oxygen atoms in total. The molecule has 0 radical (unpaired) electrons. The van der Waals surface area contributed by atoms with E-state index in [0.29, 0.717) is 6.01 Å². The summed E-state index contributed by atoms with van der Waals surface area (Å²) < 4.78 is 5.19. The highest BCUT2D eigenvalue weighted by Crippen LogP contribution is 2.19. The van der Waals surface area contributed by atoms with Crippen LogP contribution in [0.3, 0.4) is 0 Å². The second-order valence-corrected chi connectivity index (χ2v) is 4.13. The summed E-state index contributed by atoms with van der Waals surface area (Å²) in [5, 5.41) is 8.76. The molecule has 0 saturated carbocycles. The smallest absolute Gasteiger partial charge is 0.357 e. The summed E-state index contributed by atoms with van der Waals surface area (Å²) in [7, 11) is 2.06. The molecule has 0 spiro atoms. The van der Waals surface area contributed by atoms with Gasteiger partial charge in [-0.2, -0.15) is 4.98 Å². The maximum absolute atomic E-state index is 10.7. The maximum atomic E-state index is 10.7. The minimum atomic E-state index is -1.06. The molecule has 6 heteroatoms. The minimum Gasteiger partial charge on any atom is -0.476 e. The first-order chi connectivity index (χ1) is 7.58. The zero-order chi connectivity index (χ0) is 11.7. The molecule has 1 aliphatic rings. The number of aromatic carboxylic acids is 1. The summed E-state index contributed by atoms with van der Waals surface area (Å²) >= 11 is 0. The zero-order valence-electron chi connectivity index (χ0n) is 9.38. The van der Waals surface area contributed by atoms with Crippen LogP contribution in [-0.2, 0) is 0 Å². The van der Waals surface area contributed by atoms with E-state index in [1.807, 2.05) is 4.90 Å². The van der Waals surface area contributed by atoms with Crippen molar-refractivity contribution in [3.63, 3.8) is 0 Å². The summed E-state index contributed by atoms with van der Waals surface area (Å²) in [6.45, 7) is 4.72. The predicted molar refractivity (Wildman–Crippen MR) is 57.8 cm³/mol. The molecule has 1 aromatic heterocycles. The van der Waals surface area contributed by atoms with E-state index in [1.54, 1.807) is 0 Å². The number of hydrogen-bond donors (Lipinski definition) is 1. The molecular formula is C10H15N3O3. The Morgan fingerprint density at radius 3 is 2.94 bits per heavy atom. The van der Waals surface area contributed by atoms with Crippen molar-refractivity contribution in [3.05, 3.63) is 12.0 Å². The van der Waals surface area contributed by atoms with Gasteiger partial charge in [-0.25, -0.2) is 4.79 Å². The van der Waals surface area contributed by atoms with Gasteiger partial charge < -0.3 is 19.3 Å². The Labute approximate surface area is 93.5 Å². The van der Waals surface area contributed by atoms with Crippen LogP contribution in [0.5, 0.6) is 0 Å². The maximum Gasteiger partial charge on any atom is 0.357 e. The number of piperazine rings is 1. The highest BCUT2D eigenvalue weighted by atomic mass is 16.4. The Morgan fingerprint density at radius 1 is 1.62 bits per heavy atom. The number of aromatic nitrogens is 1. The van der Waals surface area contributed by atoms with Gasteiger partial charge in [-0.15, -0.1) is 0 Å². The second-order valence-electron chi connectivity index (χ2n) is 4.13. The molecule has 1 unspecified atom stereocenters. The number of likely N-dealkylation sites (N-methyl/N-ethyl adjacent to an activating group) is 1. The van der Waals surface area contributed by atoms with Crippen molar-refractivity contribution in [1.82, 2.24) is 9.88 Å². The third-order valence-corrected chi connectivity index (χ3v) is 2.79. The standard InChI is InChI=1S/C10H15N3O3/c1-7-5-12(2)3-4-13(7)10-11-8(6-16-10)9(14)15/h6-7H,3-5H2,1-2H3,(H,14,15). The van der Waals surface area contributed by atoms with Crippen molar-refractivity contribution >= 4 is 12.0 Å². The Morgan fingerprint density at radius 2 is 2.38 bits per heavy atom. The lowest BCUT2D eigenvalue weighted by Gasteiger charge is -2.37. The van der Waals surface area contributed by atoms with E-state index in [0.717, 1.165) is 19.6 Å². The van der Waals surface area contributed by atoms with Crippen LogP contribution < -0.4 is 4.90 Å². The number of carboxylic acids is 1. The van der Waals surface area contributed by atoms with Crippen molar-refractivity contribution < 1.29 is 14.3 Å². The number of hydrogen-bond acceptors (Lipinski definition) is 5. The van der Waals surface area contributed by atoms with Crippen LogP contribution in [-0.4, -0.2) is 53.7 Å². The first-order valence-electron chi connectivity index (χ1n) is 5.22. The number of nitrogens with zero attached hydrogens (tertiary/aromatic N) is 3. The Balaban J connectivity index is 2.14. The van der Waals surface area contributed by atoms with Gasteiger partial charge in [0.1, 0.15) is 6.26 Å². The van der Waals surface area contributed by atoms with Crippen LogP contribution in [0.2, 0.25) is 0 Å². The number of oxazole rings is 1. The van der Waals surface area contributed by atoms with Crippen LogP contribution in [0.1, 0.15) is 17.4 Å².